The van der Waals surface area contributed by atoms with Gasteiger partial charge in [0.05, 0.1) is 28.8 Å². The predicted molar refractivity (Wildman–Crippen MR) is 183 cm³/mol. The summed E-state index contributed by atoms with van der Waals surface area (Å²) in [7, 11) is 0. The molecule has 3 aliphatic heterocycles. The van der Waals surface area contributed by atoms with Crippen molar-refractivity contribution in [1.82, 2.24) is 20.1 Å². The molecule has 0 saturated carbocycles. The topological polar surface area (TPSA) is 130 Å². The van der Waals surface area contributed by atoms with E-state index in [0.29, 0.717) is 67.8 Å². The molecule has 6 rings (SSSR count). The van der Waals surface area contributed by atoms with Crippen molar-refractivity contribution >= 4 is 33.6 Å². The van der Waals surface area contributed by atoms with Crippen LogP contribution in [0.3, 0.4) is 0 Å². The van der Waals surface area contributed by atoms with Crippen LogP contribution in [0.4, 0.5) is 8.78 Å². The number of ether oxygens (including phenoxy) is 1. The van der Waals surface area contributed by atoms with Crippen LogP contribution in [0.1, 0.15) is 49.5 Å². The summed E-state index contributed by atoms with van der Waals surface area (Å²) in [6.07, 6.45) is -2.68. The van der Waals surface area contributed by atoms with Gasteiger partial charge in [-0.25, -0.2) is 0 Å². The van der Waals surface area contributed by atoms with Gasteiger partial charge in [0.1, 0.15) is 18.3 Å². The number of aromatic hydroxyl groups is 1. The van der Waals surface area contributed by atoms with E-state index in [1.165, 1.54) is 28.8 Å². The number of H-pyrrole nitrogens is 1. The highest BCUT2D eigenvalue weighted by molar-refractivity contribution is 8.14. The number of aliphatic hydroxyl groups excluding tert-OH is 1. The first kappa shape index (κ1) is 34.5. The molecule has 3 aliphatic rings. The number of nitrogens with zero attached hydrogens (tertiary/aromatic N) is 3. The number of carbonyl (C=O) groups is 1. The highest BCUT2D eigenvalue weighted by atomic mass is 32.2. The molecule has 4 N–H and O–H groups in total. The van der Waals surface area contributed by atoms with Gasteiger partial charge in [-0.3, -0.25) is 19.5 Å². The quantitative estimate of drug-likeness (QED) is 0.236. The Hall–Kier alpha value is -3.36. The number of phenols is 1. The fraction of sp³-hybridized carbons (Fsp3) is 0.514. The Bertz CT molecular complexity index is 1720. The summed E-state index contributed by atoms with van der Waals surface area (Å²) in [4.78, 5) is 35.6. The lowest BCUT2D eigenvalue weighted by Gasteiger charge is -2.49. The van der Waals surface area contributed by atoms with Crippen LogP contribution in [0, 0.1) is 5.92 Å². The fourth-order valence-electron chi connectivity index (χ4n) is 6.86. The maximum absolute atomic E-state index is 14.9. The number of fused-ring (bicyclic) bond motifs is 1. The molecule has 13 heteroatoms. The Kier molecular flexibility index (Phi) is 10.2. The van der Waals surface area contributed by atoms with Crippen LogP contribution in [0.15, 0.2) is 58.3 Å². The van der Waals surface area contributed by atoms with Gasteiger partial charge in [-0.05, 0) is 54.6 Å². The standard InChI is InChI=1S/C35H43F2N5O5S/c1-22(2)32-39-27(19-48-32)33(46)42-20-34(47-35(36,37)21-42)11-14-41(15-12-34)18-24-5-3-4-23(16-24)10-13-38-17-29(44)25-6-8-28(43)31-26(25)7-9-30(45)40-31/h3-9,16,22,27,29,38,43-44H,10-15,17-21H2,1-2H3,(H,40,45)/t27?,29-/m0/s1. The second kappa shape index (κ2) is 14.2. The van der Waals surface area contributed by atoms with E-state index in [1.54, 1.807) is 12.1 Å². The number of morpholine rings is 1. The largest absolute Gasteiger partial charge is 0.506 e. The van der Waals surface area contributed by atoms with Gasteiger partial charge in [-0.1, -0.05) is 44.2 Å². The summed E-state index contributed by atoms with van der Waals surface area (Å²) in [6, 6.07) is 13.7. The number of pyridine rings is 1. The fourth-order valence-corrected chi connectivity index (χ4v) is 7.94. The van der Waals surface area contributed by atoms with Crippen molar-refractivity contribution in [2.45, 2.75) is 63.5 Å². The summed E-state index contributed by atoms with van der Waals surface area (Å²) in [5.41, 5.74) is 1.76. The normalized spacial score (nSPS) is 21.6. The lowest BCUT2D eigenvalue weighted by Crippen LogP contribution is -2.63. The molecule has 258 valence electrons. The van der Waals surface area contributed by atoms with Gasteiger partial charge in [0.25, 0.3) is 0 Å². The molecule has 1 spiro atoms. The first-order valence-corrected chi connectivity index (χ1v) is 17.5. The third-order valence-corrected chi connectivity index (χ3v) is 10.7. The second-order valence-corrected chi connectivity index (χ2v) is 14.5. The number of carbonyl (C=O) groups excluding carboxylic acids is 1. The van der Waals surface area contributed by atoms with E-state index in [1.807, 2.05) is 19.9 Å². The third-order valence-electron chi connectivity index (χ3n) is 9.34. The van der Waals surface area contributed by atoms with Crippen molar-refractivity contribution < 1.29 is 28.5 Å². The number of aliphatic imine (C=N–C) groups is 1. The van der Waals surface area contributed by atoms with Gasteiger partial charge in [-0.15, -0.1) is 11.8 Å². The molecule has 2 atom stereocenters. The number of halogens is 2. The van der Waals surface area contributed by atoms with Gasteiger partial charge in [0.15, 0.2) is 0 Å². The number of nitrogens with one attached hydrogen (secondary N) is 2. The maximum Gasteiger partial charge on any atom is 0.373 e. The zero-order chi connectivity index (χ0) is 34.1. The lowest BCUT2D eigenvalue weighted by molar-refractivity contribution is -0.334. The minimum Gasteiger partial charge on any atom is -0.506 e. The molecule has 0 aliphatic carbocycles. The number of phenolic OH excluding ortho intramolecular Hbond substituents is 1. The summed E-state index contributed by atoms with van der Waals surface area (Å²) >= 11 is 1.53. The molecule has 2 aromatic carbocycles. The number of piperidine rings is 1. The number of rotatable bonds is 10. The number of aliphatic hydroxyl groups is 1. The van der Waals surface area contributed by atoms with Gasteiger partial charge in [0.2, 0.25) is 11.5 Å². The first-order chi connectivity index (χ1) is 22.9. The van der Waals surface area contributed by atoms with E-state index in [9.17, 15) is 28.6 Å². The average Bonchev–Trinajstić information content (AvgIpc) is 3.55. The van der Waals surface area contributed by atoms with Crippen molar-refractivity contribution in [3.8, 4) is 5.75 Å². The molecular weight excluding hydrogens is 640 g/mol. The van der Waals surface area contributed by atoms with Crippen molar-refractivity contribution in [3.63, 3.8) is 0 Å². The van der Waals surface area contributed by atoms with Gasteiger partial charge in [-0.2, -0.15) is 8.78 Å². The Labute approximate surface area is 282 Å². The summed E-state index contributed by atoms with van der Waals surface area (Å²) in [5.74, 6) is 0.316. The molecule has 1 amide bonds. The first-order valence-electron chi connectivity index (χ1n) is 16.5. The van der Waals surface area contributed by atoms with E-state index < -0.39 is 30.4 Å². The van der Waals surface area contributed by atoms with E-state index in [0.717, 1.165) is 22.6 Å². The van der Waals surface area contributed by atoms with Crippen LogP contribution in [0.2, 0.25) is 0 Å². The van der Waals surface area contributed by atoms with E-state index >= 15 is 0 Å². The van der Waals surface area contributed by atoms with E-state index in [2.05, 4.69) is 38.4 Å². The van der Waals surface area contributed by atoms with Crippen molar-refractivity contribution in [2.75, 3.05) is 45.0 Å². The van der Waals surface area contributed by atoms with Crippen LogP contribution >= 0.6 is 11.8 Å². The number of aromatic nitrogens is 1. The third kappa shape index (κ3) is 7.92. The smallest absolute Gasteiger partial charge is 0.373 e. The molecule has 0 radical (unpaired) electrons. The molecule has 10 nitrogen and oxygen atoms in total. The van der Waals surface area contributed by atoms with Crippen molar-refractivity contribution in [2.24, 2.45) is 10.9 Å². The van der Waals surface area contributed by atoms with Gasteiger partial charge < -0.3 is 30.2 Å². The Morgan fingerprint density at radius 1 is 1.15 bits per heavy atom. The zero-order valence-corrected chi connectivity index (χ0v) is 28.1. The van der Waals surface area contributed by atoms with Gasteiger partial charge in [0, 0.05) is 49.3 Å². The Morgan fingerprint density at radius 2 is 1.92 bits per heavy atom. The van der Waals surface area contributed by atoms with Crippen LogP contribution < -0.4 is 10.9 Å². The number of thioether (sulfide) groups is 1. The lowest BCUT2D eigenvalue weighted by atomic mass is 9.88. The number of alkyl halides is 2. The Morgan fingerprint density at radius 3 is 2.67 bits per heavy atom. The van der Waals surface area contributed by atoms with E-state index in [4.69, 9.17) is 4.74 Å². The average molecular weight is 684 g/mol. The summed E-state index contributed by atoms with van der Waals surface area (Å²) in [6.45, 7) is 6.21. The molecule has 48 heavy (non-hydrogen) atoms. The molecular formula is C35H43F2N5O5S. The molecule has 0 bridgehead atoms. The number of aromatic amines is 1. The summed E-state index contributed by atoms with van der Waals surface area (Å²) < 4.78 is 35.1. The van der Waals surface area contributed by atoms with Crippen molar-refractivity contribution in [3.05, 3.63) is 75.6 Å². The molecule has 1 unspecified atom stereocenters. The highest BCUT2D eigenvalue weighted by Gasteiger charge is 2.53. The Balaban J connectivity index is 0.991. The van der Waals surface area contributed by atoms with E-state index in [-0.39, 0.29) is 29.7 Å². The van der Waals surface area contributed by atoms with Crippen LogP contribution in [-0.2, 0) is 22.5 Å². The zero-order valence-electron chi connectivity index (χ0n) is 27.3. The summed E-state index contributed by atoms with van der Waals surface area (Å²) in [5, 5.41) is 25.7. The van der Waals surface area contributed by atoms with Crippen LogP contribution in [0.5, 0.6) is 5.75 Å². The van der Waals surface area contributed by atoms with Gasteiger partial charge >= 0.3 is 6.11 Å². The minimum absolute atomic E-state index is 0.0489. The molecule has 2 fully saturated rings. The number of likely N-dealkylation sites (tertiary alicyclic amines) is 1. The number of amides is 1. The molecule has 1 aromatic heterocycles. The molecule has 3 aromatic rings. The minimum atomic E-state index is -3.40. The number of benzene rings is 2. The monoisotopic (exact) mass is 683 g/mol. The number of hydrogen-bond donors (Lipinski definition) is 4. The predicted octanol–water partition coefficient (Wildman–Crippen LogP) is 4.06. The molecule has 2 saturated heterocycles. The highest BCUT2D eigenvalue weighted by Crippen LogP contribution is 2.39. The number of hydrogen-bond acceptors (Lipinski definition) is 9. The molecule has 4 heterocycles. The van der Waals surface area contributed by atoms with Crippen LogP contribution in [-0.4, -0.2) is 98.7 Å². The second-order valence-electron chi connectivity index (χ2n) is 13.4. The maximum atomic E-state index is 14.9. The van der Waals surface area contributed by atoms with Crippen LogP contribution in [0.25, 0.3) is 10.9 Å². The van der Waals surface area contributed by atoms with Crippen molar-refractivity contribution in [1.29, 1.82) is 0 Å². The SMILES string of the molecule is CC(C)C1=NC(C(=O)N2CC(F)(F)OC3(CCN(Cc4cccc(CCNC[C@H](O)c5ccc(O)c6[nH]c(=O)ccc56)c4)CC3)C2)CS1.